The van der Waals surface area contributed by atoms with Crippen LogP contribution in [0.2, 0.25) is 11.6 Å². The molecule has 2 fully saturated rings. The first-order valence-electron chi connectivity index (χ1n) is 14.0. The molecule has 1 aromatic carbocycles. The molecule has 4 nitrogen and oxygen atoms in total. The van der Waals surface area contributed by atoms with Gasteiger partial charge in [0.1, 0.15) is 11.5 Å². The van der Waals surface area contributed by atoms with Crippen molar-refractivity contribution in [2.24, 2.45) is 0 Å². The van der Waals surface area contributed by atoms with E-state index in [1.165, 1.54) is 70.3 Å². The summed E-state index contributed by atoms with van der Waals surface area (Å²) in [5.74, 6) is 5.13. The molecule has 194 valence electrons. The highest BCUT2D eigenvalue weighted by Crippen LogP contribution is 2.42. The Morgan fingerprint density at radius 2 is 1.58 bits per heavy atom. The van der Waals surface area contributed by atoms with E-state index in [9.17, 15) is 4.79 Å². The number of hydrogen-bond donors (Lipinski definition) is 0. The fourth-order valence-corrected chi connectivity index (χ4v) is 6.26. The van der Waals surface area contributed by atoms with Crippen molar-refractivity contribution < 1.29 is 13.9 Å². The summed E-state index contributed by atoms with van der Waals surface area (Å²) >= 11 is 0. The standard InChI is InChI=1S/C31H43BO4/c1-31(2,29-21-27(34-3)22-30(33)36-29)28(35-23-24-13-7-4-8-14-24)19-20-32(25-15-9-5-10-16-25)26-17-11-6-12-18-26/h4,7-8,13-14,19-22,25-26,28H,5-6,9-12,15-18,23H2,1-3H3/b20-19+/t28-/m0/s1. The zero-order valence-electron chi connectivity index (χ0n) is 22.4. The normalized spacial score (nSPS) is 18.9. The monoisotopic (exact) mass is 490 g/mol. The van der Waals surface area contributed by atoms with Gasteiger partial charge in [0.15, 0.2) is 6.71 Å². The number of rotatable bonds is 10. The number of methoxy groups -OCH3 is 1. The van der Waals surface area contributed by atoms with Gasteiger partial charge in [-0.1, -0.05) is 112 Å². The highest BCUT2D eigenvalue weighted by Gasteiger charge is 2.37. The van der Waals surface area contributed by atoms with Gasteiger partial charge in [-0.15, -0.1) is 5.98 Å². The Hall–Kier alpha value is -2.27. The largest absolute Gasteiger partial charge is 0.496 e. The van der Waals surface area contributed by atoms with E-state index in [1.807, 2.05) is 24.3 Å². The lowest BCUT2D eigenvalue weighted by Gasteiger charge is -2.35. The van der Waals surface area contributed by atoms with Gasteiger partial charge in [-0.3, -0.25) is 0 Å². The van der Waals surface area contributed by atoms with Crippen LogP contribution in [0.5, 0.6) is 5.75 Å². The Morgan fingerprint density at radius 1 is 0.972 bits per heavy atom. The molecule has 0 aliphatic heterocycles. The topological polar surface area (TPSA) is 48.7 Å². The summed E-state index contributed by atoms with van der Waals surface area (Å²) in [7, 11) is 1.58. The predicted molar refractivity (Wildman–Crippen MR) is 148 cm³/mol. The molecule has 5 heteroatoms. The van der Waals surface area contributed by atoms with Gasteiger partial charge in [0.2, 0.25) is 0 Å². The third kappa shape index (κ3) is 6.94. The SMILES string of the molecule is COc1cc(C(C)(C)[C@H](/C=C/B(C2CCCCC2)C2CCCCC2)OCc2ccccc2)oc(=O)c1. The Balaban J connectivity index is 1.64. The van der Waals surface area contributed by atoms with E-state index in [0.717, 1.165) is 17.2 Å². The van der Waals surface area contributed by atoms with Gasteiger partial charge in [0.05, 0.1) is 31.3 Å². The van der Waals surface area contributed by atoms with E-state index < -0.39 is 11.0 Å². The zero-order chi connectivity index (χ0) is 25.4. The van der Waals surface area contributed by atoms with E-state index >= 15 is 0 Å². The van der Waals surface area contributed by atoms with Crippen LogP contribution in [-0.2, 0) is 16.8 Å². The molecule has 0 unspecified atom stereocenters. The van der Waals surface area contributed by atoms with Crippen molar-refractivity contribution in [2.45, 2.75) is 108 Å². The quantitative estimate of drug-likeness (QED) is 0.319. The van der Waals surface area contributed by atoms with E-state index in [4.69, 9.17) is 13.9 Å². The fraction of sp³-hybridized carbons (Fsp3) is 0.581. The second-order valence-electron chi connectivity index (χ2n) is 11.4. The van der Waals surface area contributed by atoms with E-state index in [2.05, 4.69) is 38.0 Å². The molecular formula is C31H43BO4. The molecule has 2 aliphatic carbocycles. The van der Waals surface area contributed by atoms with Gasteiger partial charge in [0, 0.05) is 6.07 Å². The highest BCUT2D eigenvalue weighted by atomic mass is 16.5. The molecule has 1 heterocycles. The van der Waals surface area contributed by atoms with Crippen LogP contribution in [0.3, 0.4) is 0 Å². The van der Waals surface area contributed by atoms with Crippen LogP contribution >= 0.6 is 0 Å². The third-order valence-corrected chi connectivity index (χ3v) is 8.49. The van der Waals surface area contributed by atoms with E-state index in [1.54, 1.807) is 7.11 Å². The zero-order valence-corrected chi connectivity index (χ0v) is 22.4. The molecule has 2 saturated carbocycles. The number of benzene rings is 1. The summed E-state index contributed by atoms with van der Waals surface area (Å²) in [6.45, 7) is 5.30. The van der Waals surface area contributed by atoms with Crippen LogP contribution in [0.15, 0.2) is 63.7 Å². The van der Waals surface area contributed by atoms with Crippen molar-refractivity contribution >= 4 is 6.71 Å². The Labute approximate surface area is 217 Å². The molecule has 0 radical (unpaired) electrons. The molecule has 0 N–H and O–H groups in total. The summed E-state index contributed by atoms with van der Waals surface area (Å²) in [6, 6.07) is 13.5. The number of ether oxygens (including phenoxy) is 2. The van der Waals surface area contributed by atoms with Gasteiger partial charge < -0.3 is 13.9 Å². The van der Waals surface area contributed by atoms with Crippen LogP contribution in [0.25, 0.3) is 0 Å². The second-order valence-corrected chi connectivity index (χ2v) is 11.4. The molecule has 36 heavy (non-hydrogen) atoms. The third-order valence-electron chi connectivity index (χ3n) is 8.49. The first-order chi connectivity index (χ1) is 17.5. The Bertz CT molecular complexity index is 998. The summed E-state index contributed by atoms with van der Waals surface area (Å²) < 4.78 is 17.7. The Kier molecular flexibility index (Phi) is 9.53. The minimum Gasteiger partial charge on any atom is -0.496 e. The smallest absolute Gasteiger partial charge is 0.339 e. The van der Waals surface area contributed by atoms with Crippen molar-refractivity contribution in [3.05, 3.63) is 76.3 Å². The van der Waals surface area contributed by atoms with E-state index in [0.29, 0.717) is 24.8 Å². The molecule has 0 saturated heterocycles. The first-order valence-corrected chi connectivity index (χ1v) is 14.0. The first kappa shape index (κ1) is 26.8. The average Bonchev–Trinajstić information content (AvgIpc) is 2.91. The highest BCUT2D eigenvalue weighted by molar-refractivity contribution is 6.67. The van der Waals surface area contributed by atoms with Gasteiger partial charge in [-0.05, 0) is 19.4 Å². The van der Waals surface area contributed by atoms with Crippen molar-refractivity contribution in [1.82, 2.24) is 0 Å². The van der Waals surface area contributed by atoms with Gasteiger partial charge in [-0.2, -0.15) is 0 Å². The lowest BCUT2D eigenvalue weighted by molar-refractivity contribution is 0.0197. The molecule has 2 aromatic rings. The van der Waals surface area contributed by atoms with Gasteiger partial charge in [-0.25, -0.2) is 4.79 Å². The van der Waals surface area contributed by atoms with Crippen molar-refractivity contribution in [3.63, 3.8) is 0 Å². The van der Waals surface area contributed by atoms with Gasteiger partial charge in [0.25, 0.3) is 0 Å². The summed E-state index contributed by atoms with van der Waals surface area (Å²) in [6.07, 6.45) is 15.6. The number of hydrogen-bond acceptors (Lipinski definition) is 4. The summed E-state index contributed by atoms with van der Waals surface area (Å²) in [5.41, 5.74) is 0.184. The molecule has 1 aromatic heterocycles. The average molecular weight is 490 g/mol. The van der Waals surface area contributed by atoms with Gasteiger partial charge >= 0.3 is 5.63 Å². The van der Waals surface area contributed by atoms with Crippen LogP contribution in [0.1, 0.15) is 89.4 Å². The Morgan fingerprint density at radius 3 is 2.17 bits per heavy atom. The molecular weight excluding hydrogens is 447 g/mol. The predicted octanol–water partition coefficient (Wildman–Crippen LogP) is 7.77. The van der Waals surface area contributed by atoms with Crippen molar-refractivity contribution in [3.8, 4) is 5.75 Å². The summed E-state index contributed by atoms with van der Waals surface area (Å²) in [4.78, 5) is 12.3. The molecule has 1 atom stereocenters. The lowest BCUT2D eigenvalue weighted by atomic mass is 9.30. The van der Waals surface area contributed by atoms with Crippen LogP contribution < -0.4 is 10.4 Å². The van der Waals surface area contributed by atoms with E-state index in [-0.39, 0.29) is 6.10 Å². The maximum absolute atomic E-state index is 12.3. The van der Waals surface area contributed by atoms with Crippen molar-refractivity contribution in [1.29, 1.82) is 0 Å². The summed E-state index contributed by atoms with van der Waals surface area (Å²) in [5, 5.41) is 0. The molecule has 4 rings (SSSR count). The fourth-order valence-electron chi connectivity index (χ4n) is 6.26. The molecule has 2 aliphatic rings. The molecule has 0 bridgehead atoms. The van der Waals surface area contributed by atoms with Crippen LogP contribution in [0.4, 0.5) is 0 Å². The molecule has 0 spiro atoms. The minimum absolute atomic E-state index is 0.248. The maximum Gasteiger partial charge on any atom is 0.339 e. The minimum atomic E-state index is -0.553. The maximum atomic E-state index is 12.3. The lowest BCUT2D eigenvalue weighted by Crippen LogP contribution is -2.36. The van der Waals surface area contributed by atoms with Crippen molar-refractivity contribution in [2.75, 3.05) is 7.11 Å². The molecule has 0 amide bonds. The van der Waals surface area contributed by atoms with Crippen LogP contribution in [0, 0.1) is 0 Å². The second kappa shape index (κ2) is 12.8. The van der Waals surface area contributed by atoms with Crippen LogP contribution in [-0.4, -0.2) is 19.9 Å².